The molecule has 1 heterocycles. The summed E-state index contributed by atoms with van der Waals surface area (Å²) >= 11 is 0. The van der Waals surface area contributed by atoms with Gasteiger partial charge in [-0.1, -0.05) is 20.3 Å². The number of hydrogen-bond acceptors (Lipinski definition) is 4. The number of piperidine rings is 1. The van der Waals surface area contributed by atoms with Crippen molar-refractivity contribution in [3.8, 4) is 0 Å². The molecule has 24 heavy (non-hydrogen) atoms. The van der Waals surface area contributed by atoms with E-state index in [0.29, 0.717) is 4.31 Å². The number of nitrogens with two attached hydrogens (primary N) is 1. The zero-order valence-corrected chi connectivity index (χ0v) is 15.0. The molecule has 1 amide bonds. The number of sulfonamides is 1. The van der Waals surface area contributed by atoms with E-state index >= 15 is 0 Å². The predicted octanol–water partition coefficient (Wildman–Crippen LogP) is 1.17. The standard InChI is InChI=1S/C14H26F3N3O3S/c1-4-10(2)12(18)13(21)19-7-5-11(6-8-19)20(24(3,22)23)9-14(15,16)17/h10-12H,4-9,18H2,1-3H3. The van der Waals surface area contributed by atoms with Crippen molar-refractivity contribution in [3.05, 3.63) is 0 Å². The number of likely N-dealkylation sites (tertiary alicyclic amines) is 1. The molecule has 142 valence electrons. The van der Waals surface area contributed by atoms with Gasteiger partial charge < -0.3 is 10.6 Å². The molecule has 1 fully saturated rings. The molecule has 6 nitrogen and oxygen atoms in total. The molecule has 1 aliphatic rings. The molecule has 0 aromatic rings. The summed E-state index contributed by atoms with van der Waals surface area (Å²) in [6.07, 6.45) is -2.74. The van der Waals surface area contributed by atoms with E-state index in [-0.39, 0.29) is 37.8 Å². The van der Waals surface area contributed by atoms with Crippen molar-refractivity contribution in [3.63, 3.8) is 0 Å². The van der Waals surface area contributed by atoms with Crippen LogP contribution in [-0.4, -0.2) is 67.7 Å². The van der Waals surface area contributed by atoms with Gasteiger partial charge in [-0.3, -0.25) is 4.79 Å². The maximum absolute atomic E-state index is 12.6. The molecule has 1 rings (SSSR count). The quantitative estimate of drug-likeness (QED) is 0.758. The Labute approximate surface area is 141 Å². The van der Waals surface area contributed by atoms with Crippen molar-refractivity contribution < 1.29 is 26.4 Å². The van der Waals surface area contributed by atoms with Crippen molar-refractivity contribution >= 4 is 15.9 Å². The number of nitrogens with zero attached hydrogens (tertiary/aromatic N) is 2. The predicted molar refractivity (Wildman–Crippen MR) is 84.6 cm³/mol. The topological polar surface area (TPSA) is 83.7 Å². The largest absolute Gasteiger partial charge is 0.402 e. The Bertz CT molecular complexity index is 531. The summed E-state index contributed by atoms with van der Waals surface area (Å²) in [5.41, 5.74) is 5.90. The van der Waals surface area contributed by atoms with Gasteiger partial charge in [0.25, 0.3) is 0 Å². The summed E-state index contributed by atoms with van der Waals surface area (Å²) in [4.78, 5) is 13.8. The lowest BCUT2D eigenvalue weighted by atomic mass is 9.97. The average Bonchev–Trinajstić information content (AvgIpc) is 2.48. The van der Waals surface area contributed by atoms with Crippen LogP contribution in [0.1, 0.15) is 33.1 Å². The fourth-order valence-electron chi connectivity index (χ4n) is 2.78. The van der Waals surface area contributed by atoms with Gasteiger partial charge >= 0.3 is 6.18 Å². The van der Waals surface area contributed by atoms with Crippen molar-refractivity contribution in [2.75, 3.05) is 25.9 Å². The Hall–Kier alpha value is -0.870. The van der Waals surface area contributed by atoms with E-state index in [1.54, 1.807) is 0 Å². The summed E-state index contributed by atoms with van der Waals surface area (Å²) in [6.45, 7) is 2.70. The lowest BCUT2D eigenvalue weighted by molar-refractivity contribution is -0.143. The first-order valence-electron chi connectivity index (χ1n) is 7.94. The van der Waals surface area contributed by atoms with Gasteiger partial charge in [-0.05, 0) is 18.8 Å². The molecule has 0 bridgehead atoms. The van der Waals surface area contributed by atoms with Crippen molar-refractivity contribution in [1.82, 2.24) is 9.21 Å². The van der Waals surface area contributed by atoms with Crippen LogP contribution >= 0.6 is 0 Å². The number of carbonyl (C=O) groups is 1. The third kappa shape index (κ3) is 5.89. The van der Waals surface area contributed by atoms with Gasteiger partial charge in [-0.25, -0.2) is 8.42 Å². The Morgan fingerprint density at radius 3 is 2.21 bits per heavy atom. The minimum atomic E-state index is -4.60. The highest BCUT2D eigenvalue weighted by Crippen LogP contribution is 2.25. The zero-order valence-electron chi connectivity index (χ0n) is 14.2. The van der Waals surface area contributed by atoms with E-state index < -0.39 is 34.8 Å². The maximum Gasteiger partial charge on any atom is 0.402 e. The molecule has 2 unspecified atom stereocenters. The number of amides is 1. The highest BCUT2D eigenvalue weighted by atomic mass is 32.2. The van der Waals surface area contributed by atoms with Crippen LogP contribution in [0.4, 0.5) is 13.2 Å². The van der Waals surface area contributed by atoms with Gasteiger partial charge in [0.15, 0.2) is 0 Å². The third-order valence-corrected chi connectivity index (χ3v) is 5.77. The molecule has 10 heteroatoms. The van der Waals surface area contributed by atoms with Gasteiger partial charge in [0.1, 0.15) is 6.54 Å². The summed E-state index contributed by atoms with van der Waals surface area (Å²) in [7, 11) is -3.98. The molecule has 0 aliphatic carbocycles. The zero-order chi connectivity index (χ0) is 18.7. The molecular formula is C14H26F3N3O3S. The SMILES string of the molecule is CCC(C)C(N)C(=O)N1CCC(N(CC(F)(F)F)S(C)(=O)=O)CC1. The first-order chi connectivity index (χ1) is 10.9. The number of hydrogen-bond donors (Lipinski definition) is 1. The fraction of sp³-hybridized carbons (Fsp3) is 0.929. The first-order valence-corrected chi connectivity index (χ1v) is 9.79. The van der Waals surface area contributed by atoms with E-state index in [2.05, 4.69) is 0 Å². The Balaban J connectivity index is 2.73. The van der Waals surface area contributed by atoms with Gasteiger partial charge in [0.05, 0.1) is 12.3 Å². The summed E-state index contributed by atoms with van der Waals surface area (Å²) in [6, 6.07) is -1.40. The van der Waals surface area contributed by atoms with E-state index in [9.17, 15) is 26.4 Å². The van der Waals surface area contributed by atoms with Crippen LogP contribution in [0.25, 0.3) is 0 Å². The average molecular weight is 373 g/mol. The molecule has 0 aromatic heterocycles. The Morgan fingerprint density at radius 2 is 1.83 bits per heavy atom. The van der Waals surface area contributed by atoms with Crippen LogP contribution in [-0.2, 0) is 14.8 Å². The Morgan fingerprint density at radius 1 is 1.33 bits per heavy atom. The van der Waals surface area contributed by atoms with E-state index in [1.165, 1.54) is 4.90 Å². The second-order valence-corrected chi connectivity index (χ2v) is 8.33. The molecule has 0 saturated carbocycles. The monoisotopic (exact) mass is 373 g/mol. The van der Waals surface area contributed by atoms with E-state index in [4.69, 9.17) is 5.73 Å². The molecule has 2 N–H and O–H groups in total. The van der Waals surface area contributed by atoms with E-state index in [0.717, 1.165) is 12.7 Å². The molecule has 2 atom stereocenters. The minimum Gasteiger partial charge on any atom is -0.341 e. The second kappa shape index (κ2) is 8.01. The van der Waals surface area contributed by atoms with Gasteiger partial charge in [0.2, 0.25) is 15.9 Å². The van der Waals surface area contributed by atoms with Crippen LogP contribution in [0.2, 0.25) is 0 Å². The van der Waals surface area contributed by atoms with Crippen molar-refractivity contribution in [2.24, 2.45) is 11.7 Å². The fourth-order valence-corrected chi connectivity index (χ4v) is 3.91. The lowest BCUT2D eigenvalue weighted by Gasteiger charge is -2.38. The van der Waals surface area contributed by atoms with Crippen LogP contribution in [0.3, 0.4) is 0 Å². The van der Waals surface area contributed by atoms with Crippen molar-refractivity contribution in [2.45, 2.75) is 51.4 Å². The van der Waals surface area contributed by atoms with Gasteiger partial charge in [0, 0.05) is 19.1 Å². The number of alkyl halides is 3. The molecule has 0 aromatic carbocycles. The van der Waals surface area contributed by atoms with Crippen LogP contribution in [0.15, 0.2) is 0 Å². The normalized spacial score (nSPS) is 20.2. The highest BCUT2D eigenvalue weighted by molar-refractivity contribution is 7.88. The maximum atomic E-state index is 12.6. The summed E-state index contributed by atoms with van der Waals surface area (Å²) < 4.78 is 61.8. The van der Waals surface area contributed by atoms with Gasteiger partial charge in [-0.15, -0.1) is 0 Å². The minimum absolute atomic E-state index is 0.00738. The van der Waals surface area contributed by atoms with Crippen LogP contribution in [0, 0.1) is 5.92 Å². The highest BCUT2D eigenvalue weighted by Gasteiger charge is 2.40. The molecule has 0 spiro atoms. The number of carbonyl (C=O) groups excluding carboxylic acids is 1. The smallest absolute Gasteiger partial charge is 0.341 e. The van der Waals surface area contributed by atoms with E-state index in [1.807, 2.05) is 13.8 Å². The number of rotatable bonds is 6. The number of halogens is 3. The molecule has 1 saturated heterocycles. The summed E-state index contributed by atoms with van der Waals surface area (Å²) in [5.74, 6) is -0.225. The molecule has 0 radical (unpaired) electrons. The van der Waals surface area contributed by atoms with Crippen molar-refractivity contribution in [1.29, 1.82) is 0 Å². The van der Waals surface area contributed by atoms with Crippen LogP contribution in [0.5, 0.6) is 0 Å². The van der Waals surface area contributed by atoms with Crippen LogP contribution < -0.4 is 5.73 Å². The Kier molecular flexibility index (Phi) is 7.06. The summed E-state index contributed by atoms with van der Waals surface area (Å²) in [5, 5.41) is 0. The van der Waals surface area contributed by atoms with Gasteiger partial charge in [-0.2, -0.15) is 17.5 Å². The third-order valence-electron chi connectivity index (χ3n) is 4.49. The first kappa shape index (κ1) is 21.2. The lowest BCUT2D eigenvalue weighted by Crippen LogP contribution is -2.54. The molecular weight excluding hydrogens is 347 g/mol. The second-order valence-electron chi connectivity index (χ2n) is 6.39. The molecule has 1 aliphatic heterocycles.